The third kappa shape index (κ3) is 4.13. The number of carbonyl (C=O) groups is 1. The monoisotopic (exact) mass is 264 g/mol. The lowest BCUT2D eigenvalue weighted by molar-refractivity contribution is 0.118. The molecule has 0 spiro atoms. The molecule has 1 fully saturated rings. The number of nitrogens with zero attached hydrogens (tertiary/aromatic N) is 1. The van der Waals surface area contributed by atoms with Crippen molar-refractivity contribution < 1.29 is 14.3 Å². The molecule has 5 heteroatoms. The van der Waals surface area contributed by atoms with Crippen LogP contribution in [0.4, 0.5) is 4.79 Å². The molecular weight excluding hydrogens is 244 g/mol. The SMILES string of the molecule is COc1ccc(COCCNC(=O)N2CCC2)cc1. The van der Waals surface area contributed by atoms with Crippen LogP contribution in [0.25, 0.3) is 0 Å². The molecule has 0 aromatic heterocycles. The molecule has 2 rings (SSSR count). The molecule has 1 heterocycles. The van der Waals surface area contributed by atoms with Gasteiger partial charge in [-0.25, -0.2) is 4.79 Å². The van der Waals surface area contributed by atoms with Crippen molar-refractivity contribution in [1.82, 2.24) is 10.2 Å². The van der Waals surface area contributed by atoms with Gasteiger partial charge in [-0.1, -0.05) is 12.1 Å². The maximum atomic E-state index is 11.5. The van der Waals surface area contributed by atoms with Gasteiger partial charge < -0.3 is 19.7 Å². The Labute approximate surface area is 113 Å². The normalized spacial score (nSPS) is 13.8. The maximum Gasteiger partial charge on any atom is 0.317 e. The molecule has 1 aliphatic rings. The molecule has 0 unspecified atom stereocenters. The van der Waals surface area contributed by atoms with E-state index in [1.165, 1.54) is 0 Å². The summed E-state index contributed by atoms with van der Waals surface area (Å²) in [6.45, 7) is 3.36. The largest absolute Gasteiger partial charge is 0.497 e. The van der Waals surface area contributed by atoms with Gasteiger partial charge in [0, 0.05) is 19.6 Å². The van der Waals surface area contributed by atoms with Crippen molar-refractivity contribution in [1.29, 1.82) is 0 Å². The predicted molar refractivity (Wildman–Crippen MR) is 72.2 cm³/mol. The minimum absolute atomic E-state index is 0.0132. The van der Waals surface area contributed by atoms with Gasteiger partial charge in [-0.3, -0.25) is 0 Å². The molecule has 104 valence electrons. The first-order valence-corrected chi connectivity index (χ1v) is 6.53. The summed E-state index contributed by atoms with van der Waals surface area (Å²) in [4.78, 5) is 13.3. The molecule has 0 saturated carbocycles. The Kier molecular flexibility index (Phi) is 5.03. The number of hydrogen-bond acceptors (Lipinski definition) is 3. The zero-order valence-corrected chi connectivity index (χ0v) is 11.2. The molecule has 2 amide bonds. The van der Waals surface area contributed by atoms with Crippen LogP contribution in [-0.2, 0) is 11.3 Å². The number of methoxy groups -OCH3 is 1. The van der Waals surface area contributed by atoms with E-state index in [1.54, 1.807) is 12.0 Å². The standard InChI is InChI=1S/C14H20N2O3/c1-18-13-5-3-12(4-6-13)11-19-10-7-15-14(17)16-8-2-9-16/h3-6H,2,7-11H2,1H3,(H,15,17). The number of nitrogens with one attached hydrogen (secondary N) is 1. The van der Waals surface area contributed by atoms with E-state index in [1.807, 2.05) is 24.3 Å². The third-order valence-electron chi connectivity index (χ3n) is 3.09. The molecule has 1 N–H and O–H groups in total. The van der Waals surface area contributed by atoms with Crippen LogP contribution in [0, 0.1) is 0 Å². The highest BCUT2D eigenvalue weighted by molar-refractivity contribution is 5.74. The number of likely N-dealkylation sites (tertiary alicyclic amines) is 1. The molecule has 1 aromatic carbocycles. The van der Waals surface area contributed by atoms with E-state index < -0.39 is 0 Å². The van der Waals surface area contributed by atoms with Crippen molar-refractivity contribution in [2.24, 2.45) is 0 Å². The summed E-state index contributed by atoms with van der Waals surface area (Å²) in [6, 6.07) is 7.77. The summed E-state index contributed by atoms with van der Waals surface area (Å²) in [5, 5.41) is 2.83. The Morgan fingerprint density at radius 3 is 2.63 bits per heavy atom. The van der Waals surface area contributed by atoms with Crippen LogP contribution in [0.1, 0.15) is 12.0 Å². The fourth-order valence-electron chi connectivity index (χ4n) is 1.77. The maximum absolute atomic E-state index is 11.5. The third-order valence-corrected chi connectivity index (χ3v) is 3.09. The van der Waals surface area contributed by atoms with Gasteiger partial charge in [-0.05, 0) is 24.1 Å². The number of amides is 2. The Balaban J connectivity index is 1.56. The fraction of sp³-hybridized carbons (Fsp3) is 0.500. The number of rotatable bonds is 6. The van der Waals surface area contributed by atoms with E-state index in [2.05, 4.69) is 5.32 Å². The summed E-state index contributed by atoms with van der Waals surface area (Å²) in [7, 11) is 1.65. The van der Waals surface area contributed by atoms with Gasteiger partial charge >= 0.3 is 6.03 Å². The van der Waals surface area contributed by atoms with Gasteiger partial charge in [-0.2, -0.15) is 0 Å². The molecular formula is C14H20N2O3. The Morgan fingerprint density at radius 2 is 2.05 bits per heavy atom. The fourth-order valence-corrected chi connectivity index (χ4v) is 1.77. The van der Waals surface area contributed by atoms with Crippen LogP contribution >= 0.6 is 0 Å². The van der Waals surface area contributed by atoms with Gasteiger partial charge in [0.15, 0.2) is 0 Å². The molecule has 19 heavy (non-hydrogen) atoms. The van der Waals surface area contributed by atoms with E-state index in [0.29, 0.717) is 19.8 Å². The van der Waals surface area contributed by atoms with Crippen LogP contribution in [-0.4, -0.2) is 44.3 Å². The average Bonchev–Trinajstić information content (AvgIpc) is 2.37. The van der Waals surface area contributed by atoms with Crippen molar-refractivity contribution in [2.75, 3.05) is 33.4 Å². The first kappa shape index (κ1) is 13.7. The average molecular weight is 264 g/mol. The number of carbonyl (C=O) groups excluding carboxylic acids is 1. The second-order valence-electron chi connectivity index (χ2n) is 4.47. The summed E-state index contributed by atoms with van der Waals surface area (Å²) >= 11 is 0. The minimum Gasteiger partial charge on any atom is -0.497 e. The molecule has 0 radical (unpaired) electrons. The molecule has 0 atom stereocenters. The summed E-state index contributed by atoms with van der Waals surface area (Å²) in [5.41, 5.74) is 1.09. The van der Waals surface area contributed by atoms with Gasteiger partial charge in [0.1, 0.15) is 5.75 Å². The topological polar surface area (TPSA) is 50.8 Å². The lowest BCUT2D eigenvalue weighted by Gasteiger charge is -2.30. The van der Waals surface area contributed by atoms with Crippen molar-refractivity contribution >= 4 is 6.03 Å². The number of ether oxygens (including phenoxy) is 2. The van der Waals surface area contributed by atoms with Gasteiger partial charge in [-0.15, -0.1) is 0 Å². The second-order valence-corrected chi connectivity index (χ2v) is 4.47. The highest BCUT2D eigenvalue weighted by Crippen LogP contribution is 2.11. The van der Waals surface area contributed by atoms with Crippen LogP contribution in [0.3, 0.4) is 0 Å². The van der Waals surface area contributed by atoms with Crippen molar-refractivity contribution in [3.05, 3.63) is 29.8 Å². The van der Waals surface area contributed by atoms with E-state index in [4.69, 9.17) is 9.47 Å². The van der Waals surface area contributed by atoms with E-state index >= 15 is 0 Å². The quantitative estimate of drug-likeness (QED) is 0.794. The van der Waals surface area contributed by atoms with Crippen LogP contribution in [0.2, 0.25) is 0 Å². The molecule has 0 aliphatic carbocycles. The van der Waals surface area contributed by atoms with Gasteiger partial charge in [0.2, 0.25) is 0 Å². The summed E-state index contributed by atoms with van der Waals surface area (Å²) in [6.07, 6.45) is 1.11. The van der Waals surface area contributed by atoms with Crippen molar-refractivity contribution in [2.45, 2.75) is 13.0 Å². The lowest BCUT2D eigenvalue weighted by atomic mass is 10.2. The van der Waals surface area contributed by atoms with Crippen molar-refractivity contribution in [3.63, 3.8) is 0 Å². The minimum atomic E-state index is 0.0132. The second kappa shape index (κ2) is 6.99. The molecule has 1 aromatic rings. The van der Waals surface area contributed by atoms with E-state index in [9.17, 15) is 4.79 Å². The molecule has 1 aliphatic heterocycles. The van der Waals surface area contributed by atoms with Crippen LogP contribution in [0.15, 0.2) is 24.3 Å². The van der Waals surface area contributed by atoms with Crippen LogP contribution < -0.4 is 10.1 Å². The van der Waals surface area contributed by atoms with E-state index in [0.717, 1.165) is 30.8 Å². The number of benzene rings is 1. The van der Waals surface area contributed by atoms with Gasteiger partial charge in [0.05, 0.1) is 20.3 Å². The Morgan fingerprint density at radius 1 is 1.32 bits per heavy atom. The van der Waals surface area contributed by atoms with Crippen molar-refractivity contribution in [3.8, 4) is 5.75 Å². The molecule has 1 saturated heterocycles. The summed E-state index contributed by atoms with van der Waals surface area (Å²) in [5.74, 6) is 0.838. The Hall–Kier alpha value is -1.75. The van der Waals surface area contributed by atoms with E-state index in [-0.39, 0.29) is 6.03 Å². The zero-order valence-electron chi connectivity index (χ0n) is 11.2. The zero-order chi connectivity index (χ0) is 13.5. The molecule has 5 nitrogen and oxygen atoms in total. The highest BCUT2D eigenvalue weighted by Gasteiger charge is 2.18. The first-order valence-electron chi connectivity index (χ1n) is 6.53. The Bertz CT molecular complexity index is 402. The number of urea groups is 1. The molecule has 0 bridgehead atoms. The predicted octanol–water partition coefficient (Wildman–Crippen LogP) is 1.63. The number of hydrogen-bond donors (Lipinski definition) is 1. The highest BCUT2D eigenvalue weighted by atomic mass is 16.5. The smallest absolute Gasteiger partial charge is 0.317 e. The van der Waals surface area contributed by atoms with Crippen LogP contribution in [0.5, 0.6) is 5.75 Å². The summed E-state index contributed by atoms with van der Waals surface area (Å²) < 4.78 is 10.6. The first-order chi connectivity index (χ1) is 9.29. The van der Waals surface area contributed by atoms with Gasteiger partial charge in [0.25, 0.3) is 0 Å². The lowest BCUT2D eigenvalue weighted by Crippen LogP contribution is -2.48.